The number of hydrogen-bond donors (Lipinski definition) is 3. The van der Waals surface area contributed by atoms with E-state index in [0.717, 1.165) is 5.56 Å². The van der Waals surface area contributed by atoms with Gasteiger partial charge in [-0.15, -0.1) is 11.3 Å². The standard InChI is InChI=1S/C13H13N7O2S/c1-14-12(22)10-8(5-20(2)19-10)17-11(21)9-6-23-13(18-9)7-3-15-16-4-7/h3-6H,1-2H3,(H,14,22)(H,15,16)(H,17,21). The van der Waals surface area contributed by atoms with Crippen molar-refractivity contribution in [3.8, 4) is 10.6 Å². The molecule has 0 aliphatic carbocycles. The van der Waals surface area contributed by atoms with Gasteiger partial charge in [-0.2, -0.15) is 10.2 Å². The number of anilines is 1. The van der Waals surface area contributed by atoms with Crippen LogP contribution in [0.4, 0.5) is 5.69 Å². The average molecular weight is 331 g/mol. The fourth-order valence-corrected chi connectivity index (χ4v) is 2.71. The molecule has 23 heavy (non-hydrogen) atoms. The van der Waals surface area contributed by atoms with Gasteiger partial charge in [-0.1, -0.05) is 0 Å². The molecule has 3 heterocycles. The summed E-state index contributed by atoms with van der Waals surface area (Å²) in [6, 6.07) is 0. The lowest BCUT2D eigenvalue weighted by molar-refractivity contribution is 0.0958. The third-order valence-corrected chi connectivity index (χ3v) is 3.89. The molecule has 10 heteroatoms. The third-order valence-electron chi connectivity index (χ3n) is 3.00. The zero-order chi connectivity index (χ0) is 16.4. The van der Waals surface area contributed by atoms with Crippen LogP contribution >= 0.6 is 11.3 Å². The zero-order valence-electron chi connectivity index (χ0n) is 12.3. The molecule has 0 radical (unpaired) electrons. The number of aromatic nitrogens is 5. The summed E-state index contributed by atoms with van der Waals surface area (Å²) in [6.07, 6.45) is 4.89. The van der Waals surface area contributed by atoms with Crippen molar-refractivity contribution >= 4 is 28.8 Å². The fraction of sp³-hybridized carbons (Fsp3) is 0.154. The molecule has 0 atom stereocenters. The number of nitrogens with one attached hydrogen (secondary N) is 3. The Labute approximate surface area is 134 Å². The van der Waals surface area contributed by atoms with Crippen LogP contribution in [-0.2, 0) is 7.05 Å². The molecule has 118 valence electrons. The fourth-order valence-electron chi connectivity index (χ4n) is 1.93. The number of rotatable bonds is 4. The Hall–Kier alpha value is -3.01. The highest BCUT2D eigenvalue weighted by Gasteiger charge is 2.19. The third kappa shape index (κ3) is 2.97. The van der Waals surface area contributed by atoms with Crippen LogP contribution in [0.5, 0.6) is 0 Å². The van der Waals surface area contributed by atoms with Gasteiger partial charge in [0.25, 0.3) is 11.8 Å². The van der Waals surface area contributed by atoms with Crippen molar-refractivity contribution in [1.82, 2.24) is 30.3 Å². The molecule has 0 aliphatic rings. The molecular formula is C13H13N7O2S. The molecule has 3 N–H and O–H groups in total. The van der Waals surface area contributed by atoms with Crippen LogP contribution in [0, 0.1) is 0 Å². The van der Waals surface area contributed by atoms with Gasteiger partial charge in [-0.05, 0) is 0 Å². The minimum Gasteiger partial charge on any atom is -0.354 e. The van der Waals surface area contributed by atoms with Crippen molar-refractivity contribution in [2.75, 3.05) is 12.4 Å². The maximum atomic E-state index is 12.3. The molecule has 0 saturated heterocycles. The molecule has 2 amide bonds. The van der Waals surface area contributed by atoms with E-state index in [-0.39, 0.29) is 17.3 Å². The second-order valence-electron chi connectivity index (χ2n) is 4.62. The number of aromatic amines is 1. The van der Waals surface area contributed by atoms with Gasteiger partial charge in [0.2, 0.25) is 0 Å². The summed E-state index contributed by atoms with van der Waals surface area (Å²) in [4.78, 5) is 28.3. The van der Waals surface area contributed by atoms with E-state index in [1.165, 1.54) is 23.1 Å². The Morgan fingerprint density at radius 1 is 1.35 bits per heavy atom. The molecule has 0 unspecified atom stereocenters. The molecule has 9 nitrogen and oxygen atoms in total. The van der Waals surface area contributed by atoms with Crippen LogP contribution < -0.4 is 10.6 Å². The van der Waals surface area contributed by atoms with E-state index < -0.39 is 5.91 Å². The number of H-pyrrole nitrogens is 1. The molecule has 0 bridgehead atoms. The summed E-state index contributed by atoms with van der Waals surface area (Å²) >= 11 is 1.33. The average Bonchev–Trinajstić information content (AvgIpc) is 3.26. The van der Waals surface area contributed by atoms with E-state index in [1.54, 1.807) is 31.0 Å². The first-order valence-corrected chi connectivity index (χ1v) is 7.48. The number of aryl methyl sites for hydroxylation is 1. The number of hydrogen-bond acceptors (Lipinski definition) is 6. The molecule has 0 fully saturated rings. The number of amides is 2. The monoisotopic (exact) mass is 331 g/mol. The lowest BCUT2D eigenvalue weighted by Crippen LogP contribution is -2.21. The topological polar surface area (TPSA) is 118 Å². The summed E-state index contributed by atoms with van der Waals surface area (Å²) in [6.45, 7) is 0. The Bertz CT molecular complexity index is 850. The number of nitrogens with zero attached hydrogens (tertiary/aromatic N) is 4. The smallest absolute Gasteiger partial charge is 0.275 e. The SMILES string of the molecule is CNC(=O)c1nn(C)cc1NC(=O)c1csc(-c2cn[nH]c2)n1. The lowest BCUT2D eigenvalue weighted by Gasteiger charge is -2.02. The first kappa shape index (κ1) is 14.9. The van der Waals surface area contributed by atoms with Crippen LogP contribution in [0.3, 0.4) is 0 Å². The quantitative estimate of drug-likeness (QED) is 0.656. The predicted octanol–water partition coefficient (Wildman–Crippen LogP) is 0.879. The molecule has 3 aromatic heterocycles. The van der Waals surface area contributed by atoms with Crippen molar-refractivity contribution in [2.45, 2.75) is 0 Å². The van der Waals surface area contributed by atoms with Gasteiger partial charge in [-0.25, -0.2) is 4.98 Å². The summed E-state index contributed by atoms with van der Waals surface area (Å²) in [5.41, 5.74) is 1.54. The van der Waals surface area contributed by atoms with E-state index in [1.807, 2.05) is 0 Å². The second-order valence-corrected chi connectivity index (χ2v) is 5.48. The second kappa shape index (κ2) is 6.01. The summed E-state index contributed by atoms with van der Waals surface area (Å²) in [7, 11) is 3.17. The highest BCUT2D eigenvalue weighted by atomic mass is 32.1. The van der Waals surface area contributed by atoms with E-state index in [0.29, 0.717) is 10.7 Å². The molecule has 0 saturated carbocycles. The van der Waals surface area contributed by atoms with Gasteiger partial charge in [0.1, 0.15) is 10.7 Å². The van der Waals surface area contributed by atoms with Crippen LogP contribution in [0.1, 0.15) is 21.0 Å². The normalized spacial score (nSPS) is 10.5. The van der Waals surface area contributed by atoms with E-state index in [4.69, 9.17) is 0 Å². The number of thiazole rings is 1. The van der Waals surface area contributed by atoms with E-state index in [9.17, 15) is 9.59 Å². The van der Waals surface area contributed by atoms with Crippen molar-refractivity contribution < 1.29 is 9.59 Å². The summed E-state index contributed by atoms with van der Waals surface area (Å²) in [5.74, 6) is -0.785. The van der Waals surface area contributed by atoms with Crippen LogP contribution in [0.25, 0.3) is 10.6 Å². The Balaban J connectivity index is 1.81. The molecule has 0 spiro atoms. The Morgan fingerprint density at radius 3 is 2.87 bits per heavy atom. The van der Waals surface area contributed by atoms with Crippen molar-refractivity contribution in [3.63, 3.8) is 0 Å². The lowest BCUT2D eigenvalue weighted by atomic mass is 10.3. The van der Waals surface area contributed by atoms with Gasteiger partial charge in [0, 0.05) is 37.4 Å². The van der Waals surface area contributed by atoms with Crippen molar-refractivity contribution in [3.05, 3.63) is 35.4 Å². The minimum atomic E-state index is -0.408. The van der Waals surface area contributed by atoms with Gasteiger partial charge >= 0.3 is 0 Å². The minimum absolute atomic E-state index is 0.147. The largest absolute Gasteiger partial charge is 0.354 e. The predicted molar refractivity (Wildman–Crippen MR) is 84.2 cm³/mol. The first-order valence-electron chi connectivity index (χ1n) is 6.60. The van der Waals surface area contributed by atoms with Gasteiger partial charge in [0.15, 0.2) is 5.69 Å². The first-order chi connectivity index (χ1) is 11.1. The summed E-state index contributed by atoms with van der Waals surface area (Å²) < 4.78 is 1.46. The van der Waals surface area contributed by atoms with E-state index >= 15 is 0 Å². The van der Waals surface area contributed by atoms with Crippen LogP contribution in [0.15, 0.2) is 24.0 Å². The van der Waals surface area contributed by atoms with Crippen molar-refractivity contribution in [2.24, 2.45) is 7.05 Å². The zero-order valence-corrected chi connectivity index (χ0v) is 13.1. The maximum Gasteiger partial charge on any atom is 0.275 e. The van der Waals surface area contributed by atoms with Gasteiger partial charge in [0.05, 0.1) is 11.9 Å². The molecule has 3 aromatic rings. The summed E-state index contributed by atoms with van der Waals surface area (Å²) in [5, 5.41) is 18.0. The van der Waals surface area contributed by atoms with E-state index in [2.05, 4.69) is 30.9 Å². The Morgan fingerprint density at radius 2 is 2.17 bits per heavy atom. The molecule has 0 aromatic carbocycles. The van der Waals surface area contributed by atoms with Gasteiger partial charge in [-0.3, -0.25) is 19.4 Å². The highest BCUT2D eigenvalue weighted by Crippen LogP contribution is 2.23. The number of carbonyl (C=O) groups is 2. The molecule has 3 rings (SSSR count). The maximum absolute atomic E-state index is 12.3. The van der Waals surface area contributed by atoms with Crippen LogP contribution in [0.2, 0.25) is 0 Å². The van der Waals surface area contributed by atoms with Crippen molar-refractivity contribution in [1.29, 1.82) is 0 Å². The van der Waals surface area contributed by atoms with Crippen LogP contribution in [-0.4, -0.2) is 43.8 Å². The number of carbonyl (C=O) groups excluding carboxylic acids is 2. The van der Waals surface area contributed by atoms with Gasteiger partial charge < -0.3 is 10.6 Å². The Kier molecular flexibility index (Phi) is 3.89. The molecular weight excluding hydrogens is 318 g/mol. The molecule has 0 aliphatic heterocycles. The highest BCUT2D eigenvalue weighted by molar-refractivity contribution is 7.13.